The quantitative estimate of drug-likeness (QED) is 0.806. The van der Waals surface area contributed by atoms with Crippen LogP contribution in [0.2, 0.25) is 0 Å². The van der Waals surface area contributed by atoms with Gasteiger partial charge in [-0.1, -0.05) is 0 Å². The topological polar surface area (TPSA) is 91.0 Å². The molecule has 0 aliphatic carbocycles. The third-order valence-electron chi connectivity index (χ3n) is 3.62. The number of halogens is 2. The number of aromatic nitrogens is 6. The van der Waals surface area contributed by atoms with Crippen LogP contribution >= 0.6 is 0 Å². The molecule has 2 aromatic rings. The Morgan fingerprint density at radius 2 is 2.26 bits per heavy atom. The van der Waals surface area contributed by atoms with E-state index in [4.69, 9.17) is 4.74 Å². The van der Waals surface area contributed by atoms with Crippen molar-refractivity contribution in [3.8, 4) is 0 Å². The number of nitrogens with zero attached hydrogens (tertiary/aromatic N) is 7. The van der Waals surface area contributed by atoms with Gasteiger partial charge in [-0.25, -0.2) is 9.36 Å². The van der Waals surface area contributed by atoms with E-state index in [0.29, 0.717) is 23.7 Å². The number of alkyl halides is 2. The molecule has 11 heteroatoms. The number of hydrogen-bond donors (Lipinski definition) is 0. The molecule has 1 saturated heterocycles. The van der Waals surface area contributed by atoms with Crippen molar-refractivity contribution in [1.29, 1.82) is 0 Å². The van der Waals surface area contributed by atoms with Gasteiger partial charge in [-0.2, -0.15) is 13.9 Å². The molecule has 1 fully saturated rings. The Morgan fingerprint density at radius 3 is 2.87 bits per heavy atom. The lowest BCUT2D eigenvalue weighted by Gasteiger charge is -2.31. The van der Waals surface area contributed by atoms with Crippen LogP contribution in [0.15, 0.2) is 6.07 Å². The molecule has 1 aliphatic rings. The smallest absolute Gasteiger partial charge is 0.333 e. The number of carbonyl (C=O) groups is 1. The molecule has 1 atom stereocenters. The van der Waals surface area contributed by atoms with Gasteiger partial charge in [0.2, 0.25) is 0 Å². The van der Waals surface area contributed by atoms with Crippen LogP contribution in [0.25, 0.3) is 0 Å². The summed E-state index contributed by atoms with van der Waals surface area (Å²) in [5.41, 5.74) is 0.213. The Kier molecular flexibility index (Phi) is 4.03. The van der Waals surface area contributed by atoms with E-state index >= 15 is 0 Å². The fraction of sp³-hybridized carbons (Fsp3) is 0.583. The maximum atomic E-state index is 12.8. The number of hydrogen-bond acceptors (Lipinski definition) is 6. The van der Waals surface area contributed by atoms with Gasteiger partial charge in [0.05, 0.1) is 13.2 Å². The summed E-state index contributed by atoms with van der Waals surface area (Å²) < 4.78 is 33.1. The van der Waals surface area contributed by atoms with E-state index in [1.165, 1.54) is 22.6 Å². The van der Waals surface area contributed by atoms with Crippen LogP contribution in [0.5, 0.6) is 0 Å². The van der Waals surface area contributed by atoms with E-state index in [0.717, 1.165) is 0 Å². The Balaban J connectivity index is 1.77. The molecule has 1 aliphatic heterocycles. The summed E-state index contributed by atoms with van der Waals surface area (Å²) >= 11 is 0. The average Bonchev–Trinajstić information content (AvgIpc) is 3.12. The maximum absolute atomic E-state index is 12.8. The number of carbonyl (C=O) groups excluding carboxylic acids is 1. The summed E-state index contributed by atoms with van der Waals surface area (Å²) in [6.07, 6.45) is -0.467. The maximum Gasteiger partial charge on any atom is 0.333 e. The van der Waals surface area contributed by atoms with Gasteiger partial charge < -0.3 is 9.64 Å². The average molecular weight is 327 g/mol. The van der Waals surface area contributed by atoms with Crippen molar-refractivity contribution in [2.75, 3.05) is 19.7 Å². The van der Waals surface area contributed by atoms with Crippen molar-refractivity contribution in [3.05, 3.63) is 23.3 Å². The zero-order valence-electron chi connectivity index (χ0n) is 12.6. The van der Waals surface area contributed by atoms with Gasteiger partial charge in [0.25, 0.3) is 5.91 Å². The predicted molar refractivity (Wildman–Crippen MR) is 71.6 cm³/mol. The minimum Gasteiger partial charge on any atom is -0.366 e. The third kappa shape index (κ3) is 2.91. The molecule has 3 rings (SSSR count). The van der Waals surface area contributed by atoms with Gasteiger partial charge in [0, 0.05) is 19.3 Å². The van der Waals surface area contributed by atoms with Gasteiger partial charge in [0.1, 0.15) is 6.10 Å². The van der Waals surface area contributed by atoms with Crippen molar-refractivity contribution in [2.45, 2.75) is 19.6 Å². The highest BCUT2D eigenvalue weighted by Gasteiger charge is 2.30. The lowest BCUT2D eigenvalue weighted by molar-refractivity contribution is -0.0287. The molecule has 0 spiro atoms. The molecule has 124 valence electrons. The first kappa shape index (κ1) is 15.5. The highest BCUT2D eigenvalue weighted by Crippen LogP contribution is 2.21. The van der Waals surface area contributed by atoms with Crippen molar-refractivity contribution in [2.24, 2.45) is 7.05 Å². The number of morpholine rings is 1. The molecule has 23 heavy (non-hydrogen) atoms. The van der Waals surface area contributed by atoms with Gasteiger partial charge in [-0.05, 0) is 23.4 Å². The van der Waals surface area contributed by atoms with Crippen LogP contribution < -0.4 is 0 Å². The highest BCUT2D eigenvalue weighted by atomic mass is 19.3. The number of tetrazole rings is 1. The third-order valence-corrected chi connectivity index (χ3v) is 3.62. The zero-order chi connectivity index (χ0) is 16.6. The second-order valence-corrected chi connectivity index (χ2v) is 5.16. The summed E-state index contributed by atoms with van der Waals surface area (Å²) in [7, 11) is 1.67. The van der Waals surface area contributed by atoms with E-state index in [9.17, 15) is 13.6 Å². The van der Waals surface area contributed by atoms with Crippen LogP contribution in [0.3, 0.4) is 0 Å². The van der Waals surface area contributed by atoms with E-state index in [2.05, 4.69) is 20.6 Å². The lowest BCUT2D eigenvalue weighted by Crippen LogP contribution is -2.43. The Bertz CT molecular complexity index is 714. The molecule has 0 aromatic carbocycles. The first-order chi connectivity index (χ1) is 11.0. The standard InChI is InChI=1S/C12H15F2N7O2/c1-7-5-8(16-21(7)12(13)14)11(22)20-3-4-23-9(6-20)10-15-17-18-19(10)2/h5,9,12H,3-4,6H2,1-2H3. The van der Waals surface area contributed by atoms with Crippen molar-refractivity contribution >= 4 is 5.91 Å². The summed E-state index contributed by atoms with van der Waals surface area (Å²) in [4.78, 5) is 14.0. The Hall–Kier alpha value is -2.43. The van der Waals surface area contributed by atoms with Crippen LogP contribution in [-0.4, -0.2) is 60.5 Å². The second kappa shape index (κ2) is 5.99. The second-order valence-electron chi connectivity index (χ2n) is 5.16. The first-order valence-corrected chi connectivity index (χ1v) is 6.95. The summed E-state index contributed by atoms with van der Waals surface area (Å²) in [5.74, 6) is 0.0766. The molecule has 0 N–H and O–H groups in total. The molecule has 0 saturated carbocycles. The van der Waals surface area contributed by atoms with E-state index in [1.807, 2.05) is 0 Å². The predicted octanol–water partition coefficient (Wildman–Crippen LogP) is 0.324. The van der Waals surface area contributed by atoms with E-state index < -0.39 is 18.6 Å². The van der Waals surface area contributed by atoms with Crippen molar-refractivity contribution in [1.82, 2.24) is 34.9 Å². The first-order valence-electron chi connectivity index (χ1n) is 6.95. The Morgan fingerprint density at radius 1 is 1.48 bits per heavy atom. The molecular weight excluding hydrogens is 312 g/mol. The van der Waals surface area contributed by atoms with Crippen molar-refractivity contribution < 1.29 is 18.3 Å². The number of ether oxygens (including phenoxy) is 1. The fourth-order valence-electron chi connectivity index (χ4n) is 2.45. The van der Waals surface area contributed by atoms with Crippen LogP contribution in [0.1, 0.15) is 34.7 Å². The summed E-state index contributed by atoms with van der Waals surface area (Å²) in [5, 5.41) is 14.8. The zero-order valence-corrected chi connectivity index (χ0v) is 12.6. The minimum atomic E-state index is -2.78. The van der Waals surface area contributed by atoms with E-state index in [-0.39, 0.29) is 17.9 Å². The molecule has 0 bridgehead atoms. The Labute approximate surface area is 129 Å². The molecule has 9 nitrogen and oxygen atoms in total. The molecule has 1 unspecified atom stereocenters. The van der Waals surface area contributed by atoms with Gasteiger partial charge in [-0.15, -0.1) is 5.10 Å². The number of aryl methyl sites for hydroxylation is 2. The van der Waals surface area contributed by atoms with Crippen molar-refractivity contribution in [3.63, 3.8) is 0 Å². The SMILES string of the molecule is Cc1cc(C(=O)N2CCOC(c3nnnn3C)C2)nn1C(F)F. The van der Waals surface area contributed by atoms with Crippen LogP contribution in [0, 0.1) is 6.92 Å². The lowest BCUT2D eigenvalue weighted by atomic mass is 10.2. The number of rotatable bonds is 3. The minimum absolute atomic E-state index is 0.0143. The molecule has 1 amide bonds. The molecule has 0 radical (unpaired) electrons. The monoisotopic (exact) mass is 327 g/mol. The van der Waals surface area contributed by atoms with Gasteiger partial charge in [-0.3, -0.25) is 4.79 Å². The van der Waals surface area contributed by atoms with Crippen LogP contribution in [0.4, 0.5) is 8.78 Å². The summed E-state index contributed by atoms with van der Waals surface area (Å²) in [6, 6.07) is 1.35. The van der Waals surface area contributed by atoms with Crippen LogP contribution in [-0.2, 0) is 11.8 Å². The fourth-order valence-corrected chi connectivity index (χ4v) is 2.45. The van der Waals surface area contributed by atoms with E-state index in [1.54, 1.807) is 7.05 Å². The largest absolute Gasteiger partial charge is 0.366 e. The molecule has 2 aromatic heterocycles. The normalized spacial score (nSPS) is 18.7. The highest BCUT2D eigenvalue weighted by molar-refractivity contribution is 5.92. The summed E-state index contributed by atoms with van der Waals surface area (Å²) in [6.45, 7) is -0.422. The van der Waals surface area contributed by atoms with Gasteiger partial charge >= 0.3 is 6.55 Å². The van der Waals surface area contributed by atoms with Gasteiger partial charge in [0.15, 0.2) is 11.5 Å². The molecular formula is C12H15F2N7O2. The molecule has 3 heterocycles. The number of amides is 1.